The minimum absolute atomic E-state index is 0. The number of nitriles is 1. The van der Waals surface area contributed by atoms with Crippen molar-refractivity contribution in [3.8, 4) is 17.3 Å². The Labute approximate surface area is 125 Å². The molecular weight excluding hydrogens is 412 g/mol. The third kappa shape index (κ3) is 2.71. The largest absolute Gasteiger partial charge is 0.296 e. The van der Waals surface area contributed by atoms with Crippen molar-refractivity contribution in [2.75, 3.05) is 0 Å². The Morgan fingerprint density at radius 3 is 2.58 bits per heavy atom. The molecule has 3 heteroatoms. The van der Waals surface area contributed by atoms with Gasteiger partial charge in [0.05, 0.1) is 5.52 Å². The maximum atomic E-state index is 8.75. The second-order valence-electron chi connectivity index (χ2n) is 3.99. The number of pyridine rings is 1. The Morgan fingerprint density at radius 1 is 1.00 bits per heavy atom. The van der Waals surface area contributed by atoms with Gasteiger partial charge in [0.2, 0.25) is 0 Å². The minimum atomic E-state index is 0. The van der Waals surface area contributed by atoms with E-state index in [2.05, 4.69) is 17.1 Å². The zero-order valence-electron chi connectivity index (χ0n) is 9.92. The summed E-state index contributed by atoms with van der Waals surface area (Å²) in [4.78, 5) is 4.59. The van der Waals surface area contributed by atoms with Gasteiger partial charge < -0.3 is 0 Å². The molecule has 0 saturated carbocycles. The monoisotopic (exact) mass is 422 g/mol. The van der Waals surface area contributed by atoms with Crippen LogP contribution in [0, 0.1) is 17.4 Å². The van der Waals surface area contributed by atoms with E-state index in [-0.39, 0.29) is 20.1 Å². The molecule has 0 unspecified atom stereocenters. The van der Waals surface area contributed by atoms with Gasteiger partial charge in [0.25, 0.3) is 0 Å². The summed E-state index contributed by atoms with van der Waals surface area (Å²) in [7, 11) is 0. The molecule has 0 amide bonds. The molecule has 1 aromatic heterocycles. The summed E-state index contributed by atoms with van der Waals surface area (Å²) < 4.78 is 0. The molecule has 1 heterocycles. The molecule has 3 aromatic rings. The summed E-state index contributed by atoms with van der Waals surface area (Å²) >= 11 is 0. The van der Waals surface area contributed by atoms with E-state index < -0.39 is 0 Å². The number of nitrogens with zero attached hydrogens (tertiary/aromatic N) is 2. The fourth-order valence-corrected chi connectivity index (χ4v) is 1.87. The van der Waals surface area contributed by atoms with Crippen molar-refractivity contribution in [2.24, 2.45) is 0 Å². The van der Waals surface area contributed by atoms with Crippen molar-refractivity contribution in [1.29, 1.82) is 5.26 Å². The third-order valence-corrected chi connectivity index (χ3v) is 2.82. The predicted molar refractivity (Wildman–Crippen MR) is 70.7 cm³/mol. The van der Waals surface area contributed by atoms with Gasteiger partial charge in [0.1, 0.15) is 0 Å². The number of rotatable bonds is 1. The molecule has 0 aliphatic heterocycles. The molecule has 93 valence electrons. The quantitative estimate of drug-likeness (QED) is 0.564. The van der Waals surface area contributed by atoms with E-state index in [1.165, 1.54) is 0 Å². The van der Waals surface area contributed by atoms with Gasteiger partial charge in [-0.3, -0.25) is 4.98 Å². The van der Waals surface area contributed by atoms with Crippen LogP contribution in [0.2, 0.25) is 0 Å². The number of hydrogen-bond acceptors (Lipinski definition) is 2. The van der Waals surface area contributed by atoms with Crippen LogP contribution in [0.1, 0.15) is 5.56 Å². The summed E-state index contributed by atoms with van der Waals surface area (Å²) in [5.41, 5.74) is 3.35. The summed E-state index contributed by atoms with van der Waals surface area (Å²) in [6, 6.07) is 22.5. The Kier molecular flexibility index (Phi) is 4.06. The van der Waals surface area contributed by atoms with Crippen molar-refractivity contribution in [1.82, 2.24) is 4.98 Å². The van der Waals surface area contributed by atoms with Gasteiger partial charge in [0, 0.05) is 26.2 Å². The number of hydrogen-bond donors (Lipinski definition) is 0. The molecule has 0 atom stereocenters. The Bertz CT molecular complexity index is 743. The number of para-hydroxylation sites is 1. The van der Waals surface area contributed by atoms with Gasteiger partial charge in [-0.1, -0.05) is 30.3 Å². The average Bonchev–Trinajstić information content (AvgIpc) is 2.47. The van der Waals surface area contributed by atoms with Crippen LogP contribution in [0.25, 0.3) is 22.2 Å². The van der Waals surface area contributed by atoms with E-state index in [4.69, 9.17) is 5.26 Å². The first-order valence-corrected chi connectivity index (χ1v) is 5.65. The number of benzene rings is 2. The Morgan fingerprint density at radius 2 is 1.84 bits per heavy atom. The van der Waals surface area contributed by atoms with Gasteiger partial charge in [-0.2, -0.15) is 0 Å². The van der Waals surface area contributed by atoms with Crippen molar-refractivity contribution in [3.05, 3.63) is 66.2 Å². The minimum Gasteiger partial charge on any atom is -0.296 e. The molecule has 1 radical (unpaired) electrons. The molecule has 2 aromatic carbocycles. The first-order chi connectivity index (χ1) is 8.86. The molecule has 0 N–H and O–H groups in total. The van der Waals surface area contributed by atoms with Crippen molar-refractivity contribution >= 4 is 10.9 Å². The normalized spacial score (nSPS) is 9.63. The first kappa shape index (κ1) is 13.4. The van der Waals surface area contributed by atoms with Crippen LogP contribution >= 0.6 is 0 Å². The van der Waals surface area contributed by atoms with Crippen LogP contribution < -0.4 is 0 Å². The van der Waals surface area contributed by atoms with Crippen LogP contribution in [0.5, 0.6) is 0 Å². The van der Waals surface area contributed by atoms with Crippen LogP contribution in [-0.4, -0.2) is 4.98 Å². The Hall–Kier alpha value is -2.01. The summed E-state index contributed by atoms with van der Waals surface area (Å²) in [5, 5.41) is 9.88. The zero-order valence-corrected chi connectivity index (χ0v) is 12.3. The van der Waals surface area contributed by atoms with Crippen molar-refractivity contribution in [3.63, 3.8) is 0 Å². The topological polar surface area (TPSA) is 36.7 Å². The Balaban J connectivity index is 0.00000133. The summed E-state index contributed by atoms with van der Waals surface area (Å²) in [6.45, 7) is 0. The van der Waals surface area contributed by atoms with E-state index in [0.717, 1.165) is 22.2 Å². The molecule has 0 fully saturated rings. The maximum Gasteiger partial charge on any atom is 0.0595 e. The molecule has 0 bridgehead atoms. The van der Waals surface area contributed by atoms with E-state index in [9.17, 15) is 0 Å². The van der Waals surface area contributed by atoms with Crippen LogP contribution in [-0.2, 0) is 20.1 Å². The van der Waals surface area contributed by atoms with E-state index in [1.54, 1.807) is 12.1 Å². The molecule has 2 nitrogen and oxygen atoms in total. The summed E-state index contributed by atoms with van der Waals surface area (Å²) in [6.07, 6.45) is 0. The fraction of sp³-hybridized carbons (Fsp3) is 0. The van der Waals surface area contributed by atoms with Gasteiger partial charge in [-0.05, 0) is 22.7 Å². The molecule has 0 aliphatic carbocycles. The average molecular weight is 421 g/mol. The van der Waals surface area contributed by atoms with E-state index in [0.29, 0.717) is 5.56 Å². The maximum absolute atomic E-state index is 8.75. The van der Waals surface area contributed by atoms with Crippen LogP contribution in [0.4, 0.5) is 0 Å². The molecule has 3 rings (SSSR count). The molecule has 19 heavy (non-hydrogen) atoms. The number of aromatic nitrogens is 1. The van der Waals surface area contributed by atoms with Crippen molar-refractivity contribution in [2.45, 2.75) is 0 Å². The second kappa shape index (κ2) is 5.75. The van der Waals surface area contributed by atoms with Gasteiger partial charge in [0.15, 0.2) is 0 Å². The number of fused-ring (bicyclic) bond motifs is 1. The van der Waals surface area contributed by atoms with Crippen LogP contribution in [0.3, 0.4) is 0 Å². The zero-order chi connectivity index (χ0) is 12.4. The smallest absolute Gasteiger partial charge is 0.0595 e. The van der Waals surface area contributed by atoms with Crippen LogP contribution in [0.15, 0.2) is 54.6 Å². The van der Waals surface area contributed by atoms with Gasteiger partial charge >= 0.3 is 0 Å². The van der Waals surface area contributed by atoms with E-state index >= 15 is 0 Å². The predicted octanol–water partition coefficient (Wildman–Crippen LogP) is 3.57. The standard InChI is InChI=1S/C16H9N2.Ir/c17-11-12-5-7-14(8-6-12)16-10-9-13-3-1-2-4-15(13)18-16;/h1-7,9-10H;/q-1;. The summed E-state index contributed by atoms with van der Waals surface area (Å²) in [5.74, 6) is 0. The first-order valence-electron chi connectivity index (χ1n) is 5.65. The SMILES string of the molecule is N#Cc1c[c-]c(-c2ccc3ccccc3n2)cc1.[Ir]. The fourth-order valence-electron chi connectivity index (χ4n) is 1.87. The molecule has 0 aliphatic rings. The van der Waals surface area contributed by atoms with Crippen molar-refractivity contribution < 1.29 is 20.1 Å². The molecular formula is C16H9IrN2-. The molecule has 0 spiro atoms. The molecule has 0 saturated heterocycles. The second-order valence-corrected chi connectivity index (χ2v) is 3.99. The van der Waals surface area contributed by atoms with E-state index in [1.807, 2.05) is 42.5 Å². The third-order valence-electron chi connectivity index (χ3n) is 2.82. The van der Waals surface area contributed by atoms with Gasteiger partial charge in [-0.15, -0.1) is 29.8 Å². The van der Waals surface area contributed by atoms with Gasteiger partial charge in [-0.25, -0.2) is 5.26 Å².